The van der Waals surface area contributed by atoms with Crippen LogP contribution >= 0.6 is 0 Å². The van der Waals surface area contributed by atoms with E-state index in [9.17, 15) is 4.79 Å². The van der Waals surface area contributed by atoms with Gasteiger partial charge in [-0.25, -0.2) is 10.2 Å². The van der Waals surface area contributed by atoms with Crippen LogP contribution in [0.1, 0.15) is 5.69 Å². The van der Waals surface area contributed by atoms with Gasteiger partial charge in [0.25, 0.3) is 0 Å². The standard InChI is InChI=1S/C14H15N5O5/c1-21-11-7-12(22-2)18-13(17-11)24-10-5-4-6-15-9(10)8-16-19-14(20)23-3/h4-8H,1-3H3,(H,19,20). The summed E-state index contributed by atoms with van der Waals surface area (Å²) in [6, 6.07) is 4.83. The number of carbonyl (C=O) groups is 1. The van der Waals surface area contributed by atoms with Gasteiger partial charge in [-0.1, -0.05) is 0 Å². The average molecular weight is 333 g/mol. The van der Waals surface area contributed by atoms with Gasteiger partial charge in [0, 0.05) is 6.20 Å². The number of carbonyl (C=O) groups excluding carboxylic acids is 1. The molecular formula is C14H15N5O5. The van der Waals surface area contributed by atoms with Crippen LogP contribution in [0.25, 0.3) is 0 Å². The number of hydrogen-bond donors (Lipinski definition) is 1. The number of amides is 1. The molecule has 0 bridgehead atoms. The Kier molecular flexibility index (Phi) is 5.83. The van der Waals surface area contributed by atoms with E-state index in [-0.39, 0.29) is 17.8 Å². The molecule has 0 spiro atoms. The van der Waals surface area contributed by atoms with Crippen LogP contribution in [-0.4, -0.2) is 48.6 Å². The molecule has 1 N–H and O–H groups in total. The lowest BCUT2D eigenvalue weighted by molar-refractivity contribution is 0.171. The Balaban J connectivity index is 2.22. The quantitative estimate of drug-likeness (QED) is 0.622. The van der Waals surface area contributed by atoms with Crippen LogP contribution in [-0.2, 0) is 4.74 Å². The van der Waals surface area contributed by atoms with Crippen LogP contribution < -0.4 is 19.6 Å². The molecule has 0 aromatic carbocycles. The third-order valence-corrected chi connectivity index (χ3v) is 2.61. The molecule has 1 amide bonds. The Labute approximate surface area is 137 Å². The lowest BCUT2D eigenvalue weighted by Gasteiger charge is -2.08. The van der Waals surface area contributed by atoms with Crippen LogP contribution in [0.2, 0.25) is 0 Å². The highest BCUT2D eigenvalue weighted by molar-refractivity contribution is 5.81. The highest BCUT2D eigenvalue weighted by atomic mass is 16.5. The van der Waals surface area contributed by atoms with Crippen LogP contribution in [0.15, 0.2) is 29.5 Å². The Morgan fingerprint density at radius 1 is 1.21 bits per heavy atom. The van der Waals surface area contributed by atoms with Crippen molar-refractivity contribution in [2.24, 2.45) is 5.10 Å². The van der Waals surface area contributed by atoms with E-state index < -0.39 is 6.09 Å². The van der Waals surface area contributed by atoms with E-state index in [1.165, 1.54) is 33.6 Å². The third kappa shape index (κ3) is 4.53. The monoisotopic (exact) mass is 333 g/mol. The van der Waals surface area contributed by atoms with Crippen molar-refractivity contribution in [1.29, 1.82) is 0 Å². The van der Waals surface area contributed by atoms with E-state index in [1.54, 1.807) is 18.3 Å². The SMILES string of the molecule is COC(=O)NN=Cc1ncccc1Oc1nc(OC)cc(OC)n1. The highest BCUT2D eigenvalue weighted by Gasteiger charge is 2.10. The number of nitrogens with one attached hydrogen (secondary N) is 1. The van der Waals surface area contributed by atoms with E-state index in [0.717, 1.165) is 0 Å². The summed E-state index contributed by atoms with van der Waals surface area (Å²) in [5, 5.41) is 3.70. The van der Waals surface area contributed by atoms with Gasteiger partial charge in [0.15, 0.2) is 5.75 Å². The predicted octanol–water partition coefficient (Wildman–Crippen LogP) is 1.37. The molecule has 0 fully saturated rings. The molecule has 2 aromatic heterocycles. The Morgan fingerprint density at radius 3 is 2.54 bits per heavy atom. The number of nitrogens with zero attached hydrogens (tertiary/aromatic N) is 4. The van der Waals surface area contributed by atoms with Gasteiger partial charge in [0.2, 0.25) is 11.8 Å². The lowest BCUT2D eigenvalue weighted by atomic mass is 10.3. The summed E-state index contributed by atoms with van der Waals surface area (Å²) < 4.78 is 20.1. The number of hydrazone groups is 1. The van der Waals surface area contributed by atoms with Crippen molar-refractivity contribution in [2.45, 2.75) is 0 Å². The second-order valence-electron chi connectivity index (χ2n) is 4.09. The summed E-state index contributed by atoms with van der Waals surface area (Å²) in [6.45, 7) is 0. The van der Waals surface area contributed by atoms with Crippen LogP contribution in [0, 0.1) is 0 Å². The maximum Gasteiger partial charge on any atom is 0.427 e. The van der Waals surface area contributed by atoms with Crippen LogP contribution in [0.5, 0.6) is 23.5 Å². The minimum absolute atomic E-state index is 0.00905. The Hall–Kier alpha value is -3.43. The Bertz CT molecular complexity index is 715. The molecule has 24 heavy (non-hydrogen) atoms. The summed E-state index contributed by atoms with van der Waals surface area (Å²) in [6.07, 6.45) is 2.13. The third-order valence-electron chi connectivity index (χ3n) is 2.61. The summed E-state index contributed by atoms with van der Waals surface area (Å²) in [7, 11) is 4.16. The number of pyridine rings is 1. The molecular weight excluding hydrogens is 318 g/mol. The number of ether oxygens (including phenoxy) is 4. The number of methoxy groups -OCH3 is 3. The van der Waals surface area contributed by atoms with Gasteiger partial charge in [0.05, 0.1) is 33.6 Å². The van der Waals surface area contributed by atoms with Crippen LogP contribution in [0.3, 0.4) is 0 Å². The first-order chi connectivity index (χ1) is 11.7. The Morgan fingerprint density at radius 2 is 1.92 bits per heavy atom. The largest absolute Gasteiger partial charge is 0.481 e. The lowest BCUT2D eigenvalue weighted by Crippen LogP contribution is -2.16. The maximum absolute atomic E-state index is 11.0. The normalized spacial score (nSPS) is 10.3. The predicted molar refractivity (Wildman–Crippen MR) is 82.6 cm³/mol. The smallest absolute Gasteiger partial charge is 0.427 e. The second-order valence-corrected chi connectivity index (χ2v) is 4.09. The van der Waals surface area contributed by atoms with Crippen molar-refractivity contribution >= 4 is 12.3 Å². The van der Waals surface area contributed by atoms with Crippen molar-refractivity contribution in [2.75, 3.05) is 21.3 Å². The topological polar surface area (TPSA) is 117 Å². The molecule has 0 saturated carbocycles. The molecule has 126 valence electrons. The van der Waals surface area contributed by atoms with Gasteiger partial charge in [-0.05, 0) is 12.1 Å². The zero-order valence-electron chi connectivity index (χ0n) is 13.2. The molecule has 10 nitrogen and oxygen atoms in total. The van der Waals surface area contributed by atoms with Gasteiger partial charge in [0.1, 0.15) is 5.69 Å². The maximum atomic E-state index is 11.0. The van der Waals surface area contributed by atoms with E-state index in [2.05, 4.69) is 30.2 Å². The molecule has 0 aliphatic rings. The van der Waals surface area contributed by atoms with E-state index in [1.807, 2.05) is 0 Å². The first-order valence-corrected chi connectivity index (χ1v) is 6.63. The van der Waals surface area contributed by atoms with Crippen molar-refractivity contribution in [3.8, 4) is 23.5 Å². The zero-order valence-corrected chi connectivity index (χ0v) is 13.2. The molecule has 0 saturated heterocycles. The van der Waals surface area contributed by atoms with Crippen molar-refractivity contribution in [1.82, 2.24) is 20.4 Å². The van der Waals surface area contributed by atoms with Gasteiger partial charge in [-0.15, -0.1) is 0 Å². The average Bonchev–Trinajstić information content (AvgIpc) is 2.62. The molecule has 0 radical (unpaired) electrons. The second kappa shape index (κ2) is 8.27. The fourth-order valence-electron chi connectivity index (χ4n) is 1.51. The van der Waals surface area contributed by atoms with E-state index >= 15 is 0 Å². The molecule has 2 rings (SSSR count). The molecule has 10 heteroatoms. The highest BCUT2D eigenvalue weighted by Crippen LogP contribution is 2.24. The molecule has 0 aliphatic heterocycles. The summed E-state index contributed by atoms with van der Waals surface area (Å²) in [4.78, 5) is 23.2. The number of rotatable bonds is 6. The molecule has 2 heterocycles. The minimum atomic E-state index is -0.703. The van der Waals surface area contributed by atoms with Gasteiger partial charge < -0.3 is 18.9 Å². The van der Waals surface area contributed by atoms with Gasteiger partial charge in [-0.3, -0.25) is 4.98 Å². The minimum Gasteiger partial charge on any atom is -0.481 e. The number of aromatic nitrogens is 3. The molecule has 0 aliphatic carbocycles. The molecule has 0 unspecified atom stereocenters. The van der Waals surface area contributed by atoms with Gasteiger partial charge in [-0.2, -0.15) is 15.1 Å². The fourth-order valence-corrected chi connectivity index (χ4v) is 1.51. The molecule has 2 aromatic rings. The van der Waals surface area contributed by atoms with Crippen molar-refractivity contribution in [3.63, 3.8) is 0 Å². The number of hydrogen-bond acceptors (Lipinski definition) is 9. The van der Waals surface area contributed by atoms with Crippen LogP contribution in [0.4, 0.5) is 4.79 Å². The fraction of sp³-hybridized carbons (Fsp3) is 0.214. The van der Waals surface area contributed by atoms with E-state index in [4.69, 9.17) is 14.2 Å². The van der Waals surface area contributed by atoms with Crippen molar-refractivity contribution < 1.29 is 23.7 Å². The first kappa shape index (κ1) is 16.9. The summed E-state index contributed by atoms with van der Waals surface area (Å²) >= 11 is 0. The van der Waals surface area contributed by atoms with Gasteiger partial charge >= 0.3 is 12.1 Å². The zero-order chi connectivity index (χ0) is 17.4. The first-order valence-electron chi connectivity index (χ1n) is 6.63. The summed E-state index contributed by atoms with van der Waals surface area (Å²) in [5.41, 5.74) is 2.50. The van der Waals surface area contributed by atoms with Crippen molar-refractivity contribution in [3.05, 3.63) is 30.1 Å². The summed E-state index contributed by atoms with van der Waals surface area (Å²) in [5.74, 6) is 0.884. The molecule has 0 atom stereocenters. The van der Waals surface area contributed by atoms with E-state index in [0.29, 0.717) is 11.4 Å².